The first-order chi connectivity index (χ1) is 9.38. The topological polar surface area (TPSA) is 0 Å². The van der Waals surface area contributed by atoms with Gasteiger partial charge in [0.25, 0.3) is 0 Å². The van der Waals surface area contributed by atoms with Crippen LogP contribution in [0.1, 0.15) is 53.4 Å². The minimum absolute atomic E-state index is 0. The second-order valence-electron chi connectivity index (χ2n) is 5.39. The van der Waals surface area contributed by atoms with Crippen molar-refractivity contribution >= 4 is 5.43 Å². The van der Waals surface area contributed by atoms with Gasteiger partial charge in [0.15, 0.2) is 0 Å². The Hall–Kier alpha value is 0.640. The fourth-order valence-electron chi connectivity index (χ4n) is 1.78. The van der Waals surface area contributed by atoms with Crippen molar-refractivity contribution in [1.29, 1.82) is 0 Å². The van der Waals surface area contributed by atoms with Crippen molar-refractivity contribution in [3.05, 3.63) is 46.6 Å². The third kappa shape index (κ3) is 15.5. The summed E-state index contributed by atoms with van der Waals surface area (Å²) < 4.78 is 0. The van der Waals surface area contributed by atoms with Gasteiger partial charge in [-0.05, 0) is 0 Å². The van der Waals surface area contributed by atoms with Crippen molar-refractivity contribution in [2.24, 2.45) is 0 Å². The van der Waals surface area contributed by atoms with E-state index in [0.717, 1.165) is 12.8 Å². The summed E-state index contributed by atoms with van der Waals surface area (Å²) in [6.45, 7) is 13.2. The molecule has 22 heavy (non-hydrogen) atoms. The van der Waals surface area contributed by atoms with Crippen LogP contribution in [0.15, 0.2) is 34.4 Å². The van der Waals surface area contributed by atoms with Gasteiger partial charge in [0.1, 0.15) is 0 Å². The second kappa shape index (κ2) is 16.5. The molecule has 0 aromatic heterocycles. The van der Waals surface area contributed by atoms with Crippen LogP contribution in [0.25, 0.3) is 0 Å². The average molecular weight is 435 g/mol. The maximum absolute atomic E-state index is 3.24. The van der Waals surface area contributed by atoms with E-state index in [2.05, 4.69) is 65.1 Å². The normalized spacial score (nSPS) is 14.5. The van der Waals surface area contributed by atoms with E-state index in [4.69, 9.17) is 0 Å². The van der Waals surface area contributed by atoms with E-state index in [0.29, 0.717) is 0 Å². The second-order valence-corrected chi connectivity index (χ2v) is 14.8. The molecule has 0 aromatic rings. The van der Waals surface area contributed by atoms with E-state index in [1.54, 1.807) is 23.3 Å². The van der Waals surface area contributed by atoms with E-state index in [1.807, 2.05) is 0 Å². The third-order valence-electron chi connectivity index (χ3n) is 2.94. The molecule has 0 aromatic carbocycles. The Morgan fingerprint density at radius 1 is 0.909 bits per heavy atom. The Labute approximate surface area is 165 Å². The maximum Gasteiger partial charge on any atom is -1.00 e. The number of halogens is 2. The van der Waals surface area contributed by atoms with E-state index in [-0.39, 0.29) is 30.2 Å². The van der Waals surface area contributed by atoms with Gasteiger partial charge < -0.3 is 24.8 Å². The van der Waals surface area contributed by atoms with Crippen LogP contribution in [-0.2, 0) is 23.3 Å². The molecule has 0 spiro atoms. The van der Waals surface area contributed by atoms with Crippen molar-refractivity contribution in [3.63, 3.8) is 0 Å². The summed E-state index contributed by atoms with van der Waals surface area (Å²) in [6, 6.07) is 0. The van der Waals surface area contributed by atoms with Gasteiger partial charge in [-0.1, -0.05) is 40.5 Å². The molecule has 0 atom stereocenters. The van der Waals surface area contributed by atoms with Crippen molar-refractivity contribution in [1.82, 2.24) is 0 Å². The summed E-state index contributed by atoms with van der Waals surface area (Å²) in [5, 5.41) is 0. The molecule has 0 aliphatic heterocycles. The van der Waals surface area contributed by atoms with E-state index < -0.39 is 0 Å². The van der Waals surface area contributed by atoms with Crippen LogP contribution < -0.4 is 24.8 Å². The first-order valence-corrected chi connectivity index (χ1v) is 13.6. The summed E-state index contributed by atoms with van der Waals surface area (Å²) in [6.07, 6.45) is 15.4. The summed E-state index contributed by atoms with van der Waals surface area (Å²) in [4.78, 5) is 0. The first kappa shape index (κ1) is 27.5. The Kier molecular flexibility index (Phi) is 20.6. The Morgan fingerprint density at radius 3 is 1.27 bits per heavy atom. The van der Waals surface area contributed by atoms with Crippen LogP contribution in [0.4, 0.5) is 0 Å². The molecule has 2 aliphatic carbocycles. The smallest absolute Gasteiger partial charge is 1.00 e. The molecule has 0 radical (unpaired) electrons. The standard InChI is InChI=1S/2C8H11.C2H6Si.2ClH.Zr/c2*1-3-8-5-4-7(2)6-8;1-3-2;;;/h2*6H,3,5H2,1-2H3;1-2H3;2*1H;/q2*-1;;;;+2/p-2. The van der Waals surface area contributed by atoms with Gasteiger partial charge in [-0.25, -0.2) is 23.3 Å². The molecule has 0 unspecified atom stereocenters. The van der Waals surface area contributed by atoms with Crippen molar-refractivity contribution in [2.75, 3.05) is 0 Å². The van der Waals surface area contributed by atoms with Crippen LogP contribution >= 0.6 is 0 Å². The number of hydrogen-bond acceptors (Lipinski definition) is 0. The average Bonchev–Trinajstić information content (AvgIpc) is 2.97. The van der Waals surface area contributed by atoms with Gasteiger partial charge in [-0.3, -0.25) is 12.2 Å². The van der Waals surface area contributed by atoms with Crippen molar-refractivity contribution in [3.8, 4) is 0 Å². The zero-order valence-corrected chi connectivity index (χ0v) is 19.7. The third-order valence-corrected chi connectivity index (χ3v) is 2.94. The van der Waals surface area contributed by atoms with Crippen molar-refractivity contribution < 1.29 is 48.1 Å². The molecule has 2 rings (SSSR count). The first-order valence-electron chi connectivity index (χ1n) is 7.44. The summed E-state index contributed by atoms with van der Waals surface area (Å²) in [5.74, 6) is 0. The maximum atomic E-state index is 3.24. The molecule has 0 saturated heterocycles. The SMILES string of the molecule is CCC1=CC(C)=[C-]C1.CCC1=CC(C)=[C-]C1.C[Si](C)=[Zr+2].[Cl-].[Cl-]. The largest absolute Gasteiger partial charge is 1.00 e. The molecule has 4 heteroatoms. The summed E-state index contributed by atoms with van der Waals surface area (Å²) >= 11 is 1.74. The molecule has 0 N–H and O–H groups in total. The zero-order chi connectivity index (χ0) is 15.5. The summed E-state index contributed by atoms with van der Waals surface area (Å²) in [7, 11) is 0. The Bertz CT molecular complexity index is 406. The molecular weight excluding hydrogens is 406 g/mol. The van der Waals surface area contributed by atoms with Crippen LogP contribution in [0.3, 0.4) is 0 Å². The molecule has 0 saturated carbocycles. The van der Waals surface area contributed by atoms with Crippen LogP contribution in [-0.4, -0.2) is 5.43 Å². The van der Waals surface area contributed by atoms with Gasteiger partial charge in [0.05, 0.1) is 0 Å². The fourth-order valence-corrected chi connectivity index (χ4v) is 1.78. The molecular formula is C18H28Cl2SiZr-2. The molecule has 0 bridgehead atoms. The number of allylic oxidation sites excluding steroid dienone is 8. The number of rotatable bonds is 2. The fraction of sp³-hybridized carbons (Fsp3) is 0.556. The van der Waals surface area contributed by atoms with Gasteiger partial charge in [-0.2, -0.15) is 11.1 Å². The zero-order valence-electron chi connectivity index (χ0n) is 14.7. The van der Waals surface area contributed by atoms with Gasteiger partial charge in [0, 0.05) is 0 Å². The van der Waals surface area contributed by atoms with Crippen molar-refractivity contribution in [2.45, 2.75) is 66.5 Å². The molecule has 0 amide bonds. The van der Waals surface area contributed by atoms with Crippen LogP contribution in [0.5, 0.6) is 0 Å². The van der Waals surface area contributed by atoms with Crippen LogP contribution in [0.2, 0.25) is 13.1 Å². The molecule has 0 nitrogen and oxygen atoms in total. The molecule has 2 aliphatic rings. The Balaban J connectivity index is -0.000000249. The van der Waals surface area contributed by atoms with Crippen LogP contribution in [0, 0.1) is 12.2 Å². The summed E-state index contributed by atoms with van der Waals surface area (Å²) in [5.41, 5.74) is 5.86. The monoisotopic (exact) mass is 432 g/mol. The van der Waals surface area contributed by atoms with E-state index >= 15 is 0 Å². The van der Waals surface area contributed by atoms with Gasteiger partial charge >= 0.3 is 41.9 Å². The minimum Gasteiger partial charge on any atom is -1.00 e. The Morgan fingerprint density at radius 2 is 1.18 bits per heavy atom. The predicted molar refractivity (Wildman–Crippen MR) is 88.3 cm³/mol. The van der Waals surface area contributed by atoms with Gasteiger partial charge in [-0.15, -0.1) is 12.8 Å². The minimum atomic E-state index is 0. The predicted octanol–water partition coefficient (Wildman–Crippen LogP) is -0.256. The van der Waals surface area contributed by atoms with E-state index in [9.17, 15) is 0 Å². The quantitative estimate of drug-likeness (QED) is 0.415. The van der Waals surface area contributed by atoms with E-state index in [1.165, 1.54) is 35.1 Å². The molecule has 124 valence electrons. The van der Waals surface area contributed by atoms with Gasteiger partial charge in [0.2, 0.25) is 0 Å². The molecule has 0 fully saturated rings. The molecule has 0 heterocycles. The number of hydrogen-bond donors (Lipinski definition) is 0.